The summed E-state index contributed by atoms with van der Waals surface area (Å²) in [5.74, 6) is -0.167. The number of amides is 1. The number of carbonyl (C=O) groups excluding carboxylic acids is 1. The van der Waals surface area contributed by atoms with Crippen molar-refractivity contribution in [1.82, 2.24) is 15.3 Å². The molecule has 0 saturated carbocycles. The minimum atomic E-state index is -0.167. The number of hydrogen-bond donors (Lipinski definition) is 1. The lowest BCUT2D eigenvalue weighted by atomic mass is 10.2. The molecule has 0 bridgehead atoms. The van der Waals surface area contributed by atoms with E-state index in [1.165, 1.54) is 0 Å². The minimum absolute atomic E-state index is 0.167. The van der Waals surface area contributed by atoms with Gasteiger partial charge in [0, 0.05) is 24.0 Å². The van der Waals surface area contributed by atoms with Crippen LogP contribution in [0.5, 0.6) is 0 Å². The van der Waals surface area contributed by atoms with Gasteiger partial charge in [-0.1, -0.05) is 29.8 Å². The molecule has 1 amide bonds. The molecular weight excluding hydrogens is 310 g/mol. The Kier molecular flexibility index (Phi) is 4.64. The Labute approximate surface area is 139 Å². The van der Waals surface area contributed by atoms with Gasteiger partial charge < -0.3 is 5.32 Å². The molecule has 0 atom stereocenters. The first kappa shape index (κ1) is 15.2. The first-order valence-corrected chi connectivity index (χ1v) is 7.50. The first-order chi connectivity index (χ1) is 11.2. The van der Waals surface area contributed by atoms with Crippen LogP contribution < -0.4 is 5.32 Å². The largest absolute Gasteiger partial charge is 0.348 e. The predicted molar refractivity (Wildman–Crippen MR) is 90.1 cm³/mol. The van der Waals surface area contributed by atoms with Gasteiger partial charge in [-0.25, -0.2) is 0 Å². The molecule has 0 aliphatic rings. The molecule has 3 rings (SSSR count). The summed E-state index contributed by atoms with van der Waals surface area (Å²) < 4.78 is 0. The van der Waals surface area contributed by atoms with Crippen LogP contribution in [0.2, 0.25) is 5.02 Å². The fourth-order valence-corrected chi connectivity index (χ4v) is 2.21. The van der Waals surface area contributed by atoms with E-state index in [2.05, 4.69) is 15.3 Å². The van der Waals surface area contributed by atoms with Crippen LogP contribution >= 0.6 is 11.6 Å². The lowest BCUT2D eigenvalue weighted by Gasteiger charge is -2.06. The Balaban J connectivity index is 1.65. The fourth-order valence-electron chi connectivity index (χ4n) is 2.08. The van der Waals surface area contributed by atoms with E-state index >= 15 is 0 Å². The zero-order valence-electron chi connectivity index (χ0n) is 12.2. The number of nitrogens with zero attached hydrogens (tertiary/aromatic N) is 2. The van der Waals surface area contributed by atoms with Crippen LogP contribution in [0.1, 0.15) is 15.9 Å². The van der Waals surface area contributed by atoms with Gasteiger partial charge in [-0.05, 0) is 42.0 Å². The van der Waals surface area contributed by atoms with Crippen LogP contribution in [-0.4, -0.2) is 15.9 Å². The van der Waals surface area contributed by atoms with Crippen molar-refractivity contribution in [3.63, 3.8) is 0 Å². The van der Waals surface area contributed by atoms with Crippen LogP contribution in [0.3, 0.4) is 0 Å². The van der Waals surface area contributed by atoms with Crippen LogP contribution in [0, 0.1) is 0 Å². The van der Waals surface area contributed by atoms with Gasteiger partial charge >= 0.3 is 0 Å². The van der Waals surface area contributed by atoms with Crippen molar-refractivity contribution >= 4 is 17.5 Å². The summed E-state index contributed by atoms with van der Waals surface area (Å²) in [6.07, 6.45) is 3.27. The number of aromatic nitrogens is 2. The highest BCUT2D eigenvalue weighted by atomic mass is 35.5. The van der Waals surface area contributed by atoms with E-state index in [4.69, 9.17) is 11.6 Å². The molecule has 4 nitrogen and oxygen atoms in total. The average molecular weight is 324 g/mol. The number of rotatable bonds is 4. The zero-order valence-corrected chi connectivity index (χ0v) is 13.0. The smallest absolute Gasteiger partial charge is 0.253 e. The van der Waals surface area contributed by atoms with Crippen LogP contribution in [0.15, 0.2) is 67.0 Å². The highest BCUT2D eigenvalue weighted by Gasteiger charge is 2.07. The third kappa shape index (κ3) is 3.93. The number of benzene rings is 1. The molecule has 0 fully saturated rings. The van der Waals surface area contributed by atoms with Crippen LogP contribution in [0.4, 0.5) is 0 Å². The van der Waals surface area contributed by atoms with Crippen molar-refractivity contribution in [3.05, 3.63) is 83.1 Å². The third-order valence-electron chi connectivity index (χ3n) is 3.32. The van der Waals surface area contributed by atoms with Crippen molar-refractivity contribution in [2.24, 2.45) is 0 Å². The van der Waals surface area contributed by atoms with Gasteiger partial charge in [0.15, 0.2) is 0 Å². The predicted octanol–water partition coefficient (Wildman–Crippen LogP) is 3.73. The summed E-state index contributed by atoms with van der Waals surface area (Å²) in [6.45, 7) is 0.442. The second kappa shape index (κ2) is 7.03. The molecular formula is C18H14ClN3O. The maximum absolute atomic E-state index is 12.1. The second-order valence-electron chi connectivity index (χ2n) is 4.96. The number of halogens is 1. The molecule has 0 aliphatic carbocycles. The molecule has 23 heavy (non-hydrogen) atoms. The first-order valence-electron chi connectivity index (χ1n) is 7.12. The van der Waals surface area contributed by atoms with E-state index in [0.29, 0.717) is 17.1 Å². The maximum Gasteiger partial charge on any atom is 0.253 e. The van der Waals surface area contributed by atoms with E-state index < -0.39 is 0 Å². The molecule has 0 aliphatic heterocycles. The van der Waals surface area contributed by atoms with Gasteiger partial charge in [0.05, 0.1) is 17.0 Å². The molecule has 5 heteroatoms. The van der Waals surface area contributed by atoms with Gasteiger partial charge in [-0.2, -0.15) is 0 Å². The Morgan fingerprint density at radius 3 is 2.39 bits per heavy atom. The van der Waals surface area contributed by atoms with Crippen molar-refractivity contribution in [1.29, 1.82) is 0 Å². The molecule has 2 aromatic heterocycles. The average Bonchev–Trinajstić information content (AvgIpc) is 2.62. The van der Waals surface area contributed by atoms with Gasteiger partial charge in [0.25, 0.3) is 5.91 Å². The summed E-state index contributed by atoms with van der Waals surface area (Å²) in [5.41, 5.74) is 3.01. The van der Waals surface area contributed by atoms with E-state index in [0.717, 1.165) is 17.0 Å². The summed E-state index contributed by atoms with van der Waals surface area (Å²) in [6, 6.07) is 16.5. The third-order valence-corrected chi connectivity index (χ3v) is 3.57. The molecule has 1 aromatic carbocycles. The van der Waals surface area contributed by atoms with Crippen LogP contribution in [-0.2, 0) is 6.54 Å². The SMILES string of the molecule is O=C(NCc1ccc(Cl)cc1)c1ccc(-c2ccccn2)nc1. The number of pyridine rings is 2. The quantitative estimate of drug-likeness (QED) is 0.796. The Morgan fingerprint density at radius 1 is 0.957 bits per heavy atom. The number of carbonyl (C=O) groups is 1. The van der Waals surface area contributed by atoms with Gasteiger partial charge in [-0.3, -0.25) is 14.8 Å². The molecule has 3 aromatic rings. The van der Waals surface area contributed by atoms with E-state index in [1.54, 1.807) is 36.7 Å². The summed E-state index contributed by atoms with van der Waals surface area (Å²) in [4.78, 5) is 20.7. The van der Waals surface area contributed by atoms with E-state index in [1.807, 2.05) is 30.3 Å². The highest BCUT2D eigenvalue weighted by Crippen LogP contribution is 2.14. The lowest BCUT2D eigenvalue weighted by Crippen LogP contribution is -2.22. The van der Waals surface area contributed by atoms with Crippen LogP contribution in [0.25, 0.3) is 11.4 Å². The number of hydrogen-bond acceptors (Lipinski definition) is 3. The summed E-state index contributed by atoms with van der Waals surface area (Å²) in [7, 11) is 0. The Bertz CT molecular complexity index is 787. The Morgan fingerprint density at radius 2 is 1.74 bits per heavy atom. The minimum Gasteiger partial charge on any atom is -0.348 e. The van der Waals surface area contributed by atoms with E-state index in [9.17, 15) is 4.79 Å². The molecule has 0 spiro atoms. The summed E-state index contributed by atoms with van der Waals surface area (Å²) in [5, 5.41) is 3.53. The fraction of sp³-hybridized carbons (Fsp3) is 0.0556. The van der Waals surface area contributed by atoms with Crippen molar-refractivity contribution in [2.75, 3.05) is 0 Å². The Hall–Kier alpha value is -2.72. The molecule has 0 radical (unpaired) electrons. The van der Waals surface area contributed by atoms with Crippen molar-refractivity contribution < 1.29 is 4.79 Å². The lowest BCUT2D eigenvalue weighted by molar-refractivity contribution is 0.0950. The number of nitrogens with one attached hydrogen (secondary N) is 1. The van der Waals surface area contributed by atoms with Gasteiger partial charge in [0.1, 0.15) is 0 Å². The molecule has 114 valence electrons. The summed E-state index contributed by atoms with van der Waals surface area (Å²) >= 11 is 5.83. The molecule has 1 N–H and O–H groups in total. The normalized spacial score (nSPS) is 10.3. The standard InChI is InChI=1S/C18H14ClN3O/c19-15-7-4-13(5-8-15)11-22-18(23)14-6-9-17(21-12-14)16-3-1-2-10-20-16/h1-10,12H,11H2,(H,22,23). The molecule has 2 heterocycles. The van der Waals surface area contributed by atoms with Gasteiger partial charge in [-0.15, -0.1) is 0 Å². The second-order valence-corrected chi connectivity index (χ2v) is 5.39. The van der Waals surface area contributed by atoms with Gasteiger partial charge in [0.2, 0.25) is 0 Å². The monoisotopic (exact) mass is 323 g/mol. The van der Waals surface area contributed by atoms with Crippen molar-refractivity contribution in [3.8, 4) is 11.4 Å². The molecule has 0 saturated heterocycles. The topological polar surface area (TPSA) is 54.9 Å². The van der Waals surface area contributed by atoms with E-state index in [-0.39, 0.29) is 5.91 Å². The molecule has 0 unspecified atom stereocenters. The highest BCUT2D eigenvalue weighted by molar-refractivity contribution is 6.30. The van der Waals surface area contributed by atoms with Crippen molar-refractivity contribution in [2.45, 2.75) is 6.54 Å². The maximum atomic E-state index is 12.1. The zero-order chi connectivity index (χ0) is 16.1.